The highest BCUT2D eigenvalue weighted by Crippen LogP contribution is 2.28. The maximum absolute atomic E-state index is 12.3. The summed E-state index contributed by atoms with van der Waals surface area (Å²) in [5.41, 5.74) is 1.92. The van der Waals surface area contributed by atoms with Crippen LogP contribution in [0.4, 0.5) is 0 Å². The van der Waals surface area contributed by atoms with Gasteiger partial charge in [-0.15, -0.1) is 0 Å². The Balaban J connectivity index is 2.08. The Morgan fingerprint density at radius 1 is 1.15 bits per heavy atom. The molecule has 0 amide bonds. The fourth-order valence-electron chi connectivity index (χ4n) is 2.28. The highest BCUT2D eigenvalue weighted by atomic mass is 32.2. The standard InChI is InChI=1S/C15H12N2O2S/c1-17-9(8-16-15(17)20-2)7-12-13(18)10-5-3-4-6-11(10)14(12)19/h3-8H,1-2H3. The van der Waals surface area contributed by atoms with Crippen molar-refractivity contribution in [3.05, 3.63) is 52.9 Å². The molecular weight excluding hydrogens is 272 g/mol. The van der Waals surface area contributed by atoms with Crippen molar-refractivity contribution in [1.82, 2.24) is 9.55 Å². The van der Waals surface area contributed by atoms with Gasteiger partial charge in [-0.2, -0.15) is 0 Å². The van der Waals surface area contributed by atoms with Gasteiger partial charge >= 0.3 is 0 Å². The Labute approximate surface area is 120 Å². The van der Waals surface area contributed by atoms with Gasteiger partial charge in [-0.3, -0.25) is 9.59 Å². The minimum atomic E-state index is -0.211. The number of thioether (sulfide) groups is 1. The average molecular weight is 284 g/mol. The third kappa shape index (κ3) is 1.82. The summed E-state index contributed by atoms with van der Waals surface area (Å²) in [6.07, 6.45) is 5.22. The summed E-state index contributed by atoms with van der Waals surface area (Å²) in [5.74, 6) is -0.421. The minimum absolute atomic E-state index is 0.210. The maximum atomic E-state index is 12.3. The molecule has 0 aliphatic heterocycles. The van der Waals surface area contributed by atoms with E-state index < -0.39 is 0 Å². The van der Waals surface area contributed by atoms with E-state index in [1.807, 2.05) is 17.9 Å². The van der Waals surface area contributed by atoms with Crippen LogP contribution >= 0.6 is 11.8 Å². The van der Waals surface area contributed by atoms with Crippen LogP contribution in [0.5, 0.6) is 0 Å². The summed E-state index contributed by atoms with van der Waals surface area (Å²) in [5, 5.41) is 0.840. The molecule has 0 radical (unpaired) electrons. The molecule has 0 atom stereocenters. The van der Waals surface area contributed by atoms with E-state index >= 15 is 0 Å². The van der Waals surface area contributed by atoms with E-state index in [4.69, 9.17) is 0 Å². The molecule has 3 rings (SSSR count). The third-order valence-electron chi connectivity index (χ3n) is 3.36. The molecule has 0 N–H and O–H groups in total. The molecule has 1 aromatic carbocycles. The zero-order chi connectivity index (χ0) is 14.3. The fraction of sp³-hybridized carbons (Fsp3) is 0.133. The van der Waals surface area contributed by atoms with E-state index in [0.717, 1.165) is 10.9 Å². The number of carbonyl (C=O) groups excluding carboxylic acids is 2. The van der Waals surface area contributed by atoms with Crippen LogP contribution in [-0.2, 0) is 7.05 Å². The SMILES string of the molecule is CSc1ncc(C=C2C(=O)c3ccccc3C2=O)n1C. The number of hydrogen-bond acceptors (Lipinski definition) is 4. The van der Waals surface area contributed by atoms with Crippen molar-refractivity contribution in [2.45, 2.75) is 5.16 Å². The summed E-state index contributed by atoms with van der Waals surface area (Å²) in [7, 11) is 1.86. The number of ketones is 2. The lowest BCUT2D eigenvalue weighted by Crippen LogP contribution is -2.02. The Hall–Kier alpha value is -2.14. The maximum Gasteiger partial charge on any atom is 0.197 e. The summed E-state index contributed by atoms with van der Waals surface area (Å²) in [6, 6.07) is 6.91. The number of aromatic nitrogens is 2. The van der Waals surface area contributed by atoms with Gasteiger partial charge in [-0.05, 0) is 12.3 Å². The van der Waals surface area contributed by atoms with Crippen LogP contribution in [0.25, 0.3) is 6.08 Å². The highest BCUT2D eigenvalue weighted by molar-refractivity contribution is 7.98. The molecule has 1 aromatic heterocycles. The molecule has 1 aliphatic rings. The topological polar surface area (TPSA) is 52.0 Å². The predicted octanol–water partition coefficient (Wildman–Crippen LogP) is 2.60. The molecule has 1 heterocycles. The van der Waals surface area contributed by atoms with Crippen molar-refractivity contribution in [2.75, 3.05) is 6.26 Å². The molecule has 2 aromatic rings. The van der Waals surface area contributed by atoms with Gasteiger partial charge < -0.3 is 4.57 Å². The molecule has 100 valence electrons. The number of imidazole rings is 1. The molecule has 20 heavy (non-hydrogen) atoms. The van der Waals surface area contributed by atoms with Crippen molar-refractivity contribution >= 4 is 29.4 Å². The van der Waals surface area contributed by atoms with Crippen LogP contribution in [0.2, 0.25) is 0 Å². The number of benzene rings is 1. The molecule has 0 unspecified atom stereocenters. The molecule has 0 saturated carbocycles. The number of rotatable bonds is 2. The van der Waals surface area contributed by atoms with E-state index in [-0.39, 0.29) is 17.1 Å². The number of allylic oxidation sites excluding steroid dienone is 1. The van der Waals surface area contributed by atoms with Gasteiger partial charge in [-0.25, -0.2) is 4.98 Å². The van der Waals surface area contributed by atoms with E-state index in [1.165, 1.54) is 11.8 Å². The first-order chi connectivity index (χ1) is 9.63. The summed E-state index contributed by atoms with van der Waals surface area (Å²) < 4.78 is 1.86. The summed E-state index contributed by atoms with van der Waals surface area (Å²) in [4.78, 5) is 28.8. The predicted molar refractivity (Wildman–Crippen MR) is 78.1 cm³/mol. The molecule has 0 spiro atoms. The smallest absolute Gasteiger partial charge is 0.197 e. The fourth-order valence-corrected chi connectivity index (χ4v) is 2.82. The van der Waals surface area contributed by atoms with Crippen LogP contribution in [-0.4, -0.2) is 27.4 Å². The van der Waals surface area contributed by atoms with Crippen LogP contribution in [0.3, 0.4) is 0 Å². The van der Waals surface area contributed by atoms with Gasteiger partial charge in [0.25, 0.3) is 0 Å². The quantitative estimate of drug-likeness (QED) is 0.483. The molecular formula is C15H12N2O2S. The van der Waals surface area contributed by atoms with Crippen molar-refractivity contribution in [1.29, 1.82) is 0 Å². The number of nitrogens with zero attached hydrogens (tertiary/aromatic N) is 2. The lowest BCUT2D eigenvalue weighted by molar-refractivity contribution is 0.0990. The monoisotopic (exact) mass is 284 g/mol. The Morgan fingerprint density at radius 2 is 1.75 bits per heavy atom. The van der Waals surface area contributed by atoms with E-state index in [2.05, 4.69) is 4.98 Å². The van der Waals surface area contributed by atoms with Crippen LogP contribution < -0.4 is 0 Å². The normalized spacial score (nSPS) is 13.8. The second-order valence-electron chi connectivity index (χ2n) is 4.49. The van der Waals surface area contributed by atoms with Gasteiger partial charge in [0, 0.05) is 18.2 Å². The zero-order valence-electron chi connectivity index (χ0n) is 11.1. The van der Waals surface area contributed by atoms with Crippen molar-refractivity contribution < 1.29 is 9.59 Å². The van der Waals surface area contributed by atoms with Gasteiger partial charge in [0.1, 0.15) is 0 Å². The van der Waals surface area contributed by atoms with E-state index in [9.17, 15) is 9.59 Å². The zero-order valence-corrected chi connectivity index (χ0v) is 11.9. The molecule has 0 bridgehead atoms. The Morgan fingerprint density at radius 3 is 2.25 bits per heavy atom. The number of Topliss-reactive ketones (excluding diaryl/α,β-unsaturated/α-hetero) is 2. The molecule has 0 fully saturated rings. The summed E-state index contributed by atoms with van der Waals surface area (Å²) >= 11 is 1.52. The van der Waals surface area contributed by atoms with Crippen LogP contribution in [0.15, 0.2) is 41.2 Å². The van der Waals surface area contributed by atoms with Crippen LogP contribution in [0, 0.1) is 0 Å². The van der Waals surface area contributed by atoms with Crippen molar-refractivity contribution in [2.24, 2.45) is 7.05 Å². The number of hydrogen-bond donors (Lipinski definition) is 0. The van der Waals surface area contributed by atoms with Gasteiger partial charge in [0.2, 0.25) is 0 Å². The van der Waals surface area contributed by atoms with Gasteiger partial charge in [0.15, 0.2) is 16.7 Å². The molecule has 4 nitrogen and oxygen atoms in total. The first kappa shape index (κ1) is 12.9. The summed E-state index contributed by atoms with van der Waals surface area (Å²) in [6.45, 7) is 0. The van der Waals surface area contributed by atoms with Crippen molar-refractivity contribution in [3.63, 3.8) is 0 Å². The lowest BCUT2D eigenvalue weighted by atomic mass is 10.1. The molecule has 5 heteroatoms. The second kappa shape index (κ2) is 4.76. The average Bonchev–Trinajstić information content (AvgIpc) is 2.94. The van der Waals surface area contributed by atoms with E-state index in [0.29, 0.717) is 11.1 Å². The lowest BCUT2D eigenvalue weighted by Gasteiger charge is -2.00. The second-order valence-corrected chi connectivity index (χ2v) is 5.26. The number of fused-ring (bicyclic) bond motifs is 1. The first-order valence-corrected chi connectivity index (χ1v) is 7.31. The van der Waals surface area contributed by atoms with Gasteiger partial charge in [0.05, 0.1) is 17.5 Å². The Bertz CT molecular complexity index is 722. The van der Waals surface area contributed by atoms with Crippen molar-refractivity contribution in [3.8, 4) is 0 Å². The minimum Gasteiger partial charge on any atom is -0.323 e. The van der Waals surface area contributed by atoms with Gasteiger partial charge in [-0.1, -0.05) is 36.0 Å². The Kier molecular flexibility index (Phi) is 3.06. The molecule has 0 saturated heterocycles. The largest absolute Gasteiger partial charge is 0.323 e. The third-order valence-corrected chi connectivity index (χ3v) is 4.11. The number of carbonyl (C=O) groups is 2. The molecule has 1 aliphatic carbocycles. The van der Waals surface area contributed by atoms with Crippen LogP contribution in [0.1, 0.15) is 26.4 Å². The first-order valence-electron chi connectivity index (χ1n) is 6.09. The van der Waals surface area contributed by atoms with E-state index in [1.54, 1.807) is 36.5 Å². The highest BCUT2D eigenvalue weighted by Gasteiger charge is 2.32.